The molecule has 0 saturated heterocycles. The molecule has 3 aromatic rings. The first-order chi connectivity index (χ1) is 15.3. The van der Waals surface area contributed by atoms with Gasteiger partial charge in [-0.3, -0.25) is 0 Å². The van der Waals surface area contributed by atoms with Gasteiger partial charge in [0.15, 0.2) is 11.5 Å². The Morgan fingerprint density at radius 2 is 1.56 bits per heavy atom. The lowest BCUT2D eigenvalue weighted by Gasteiger charge is -2.24. The summed E-state index contributed by atoms with van der Waals surface area (Å²) >= 11 is 0. The van der Waals surface area contributed by atoms with Crippen LogP contribution in [0.2, 0.25) is 0 Å². The van der Waals surface area contributed by atoms with Crippen LogP contribution in [0.5, 0.6) is 11.5 Å². The molecule has 8 heteroatoms. The molecule has 1 heterocycles. The van der Waals surface area contributed by atoms with Crippen molar-refractivity contribution in [2.45, 2.75) is 19.4 Å². The number of aromatic nitrogens is 2. The maximum absolute atomic E-state index is 10.4. The molecule has 0 radical (unpaired) electrons. The standard InChI is InChI=1S/C24H31N3O5/c1-24(2,28)17-7-6-8-18(13-17)27(3)23-19-14-21(31-11-9-29-4)22(32-12-10-30-5)15-20(19)25-16-26-23/h6-8,13-16,28H,9-12H2,1-5H3. The molecule has 0 bridgehead atoms. The van der Waals surface area contributed by atoms with Gasteiger partial charge in [-0.25, -0.2) is 9.97 Å². The maximum atomic E-state index is 10.4. The Labute approximate surface area is 188 Å². The number of rotatable bonds is 11. The fourth-order valence-electron chi connectivity index (χ4n) is 3.23. The van der Waals surface area contributed by atoms with E-state index in [-0.39, 0.29) is 0 Å². The van der Waals surface area contributed by atoms with Crippen LogP contribution in [0.4, 0.5) is 11.5 Å². The number of hydrogen-bond acceptors (Lipinski definition) is 8. The predicted octanol–water partition coefficient (Wildman–Crippen LogP) is 3.68. The summed E-state index contributed by atoms with van der Waals surface area (Å²) < 4.78 is 22.0. The summed E-state index contributed by atoms with van der Waals surface area (Å²) in [6.45, 7) is 5.23. The number of aliphatic hydroxyl groups is 1. The van der Waals surface area contributed by atoms with Crippen molar-refractivity contribution in [1.82, 2.24) is 9.97 Å². The van der Waals surface area contributed by atoms with Crippen molar-refractivity contribution in [2.24, 2.45) is 0 Å². The van der Waals surface area contributed by atoms with Crippen LogP contribution in [0.25, 0.3) is 10.9 Å². The summed E-state index contributed by atoms with van der Waals surface area (Å²) in [4.78, 5) is 10.9. The highest BCUT2D eigenvalue weighted by atomic mass is 16.5. The monoisotopic (exact) mass is 441 g/mol. The van der Waals surface area contributed by atoms with E-state index < -0.39 is 5.60 Å². The van der Waals surface area contributed by atoms with Gasteiger partial charge >= 0.3 is 0 Å². The normalized spacial score (nSPS) is 11.6. The minimum Gasteiger partial charge on any atom is -0.487 e. The minimum atomic E-state index is -0.943. The average molecular weight is 442 g/mol. The van der Waals surface area contributed by atoms with E-state index >= 15 is 0 Å². The zero-order chi connectivity index (χ0) is 23.1. The van der Waals surface area contributed by atoms with Gasteiger partial charge in [0.1, 0.15) is 25.4 Å². The van der Waals surface area contributed by atoms with Crippen LogP contribution in [-0.4, -0.2) is 62.8 Å². The molecule has 0 aliphatic rings. The zero-order valence-electron chi connectivity index (χ0n) is 19.3. The van der Waals surface area contributed by atoms with E-state index in [9.17, 15) is 5.11 Å². The lowest BCUT2D eigenvalue weighted by atomic mass is 9.98. The maximum Gasteiger partial charge on any atom is 0.163 e. The molecular weight excluding hydrogens is 410 g/mol. The van der Waals surface area contributed by atoms with Gasteiger partial charge < -0.3 is 29.0 Å². The van der Waals surface area contributed by atoms with Crippen LogP contribution in [-0.2, 0) is 15.1 Å². The molecule has 0 aliphatic heterocycles. The van der Waals surface area contributed by atoms with E-state index in [2.05, 4.69) is 9.97 Å². The Balaban J connectivity index is 2.02. The average Bonchev–Trinajstić information content (AvgIpc) is 2.78. The Bertz CT molecular complexity index is 1040. The van der Waals surface area contributed by atoms with E-state index in [1.807, 2.05) is 48.3 Å². The smallest absolute Gasteiger partial charge is 0.163 e. The lowest BCUT2D eigenvalue weighted by Crippen LogP contribution is -2.17. The van der Waals surface area contributed by atoms with Gasteiger partial charge in [-0.15, -0.1) is 0 Å². The third-order valence-electron chi connectivity index (χ3n) is 5.03. The van der Waals surface area contributed by atoms with Crippen LogP contribution in [0.15, 0.2) is 42.7 Å². The Hall–Kier alpha value is -2.94. The second-order valence-corrected chi connectivity index (χ2v) is 7.86. The minimum absolute atomic E-state index is 0.384. The van der Waals surface area contributed by atoms with Crippen LogP contribution < -0.4 is 14.4 Å². The first-order valence-electron chi connectivity index (χ1n) is 10.4. The van der Waals surface area contributed by atoms with E-state index in [1.54, 1.807) is 28.1 Å². The molecule has 172 valence electrons. The van der Waals surface area contributed by atoms with E-state index in [0.717, 1.165) is 22.2 Å². The second kappa shape index (κ2) is 10.6. The molecule has 0 spiro atoms. The molecule has 8 nitrogen and oxygen atoms in total. The highest BCUT2D eigenvalue weighted by Crippen LogP contribution is 2.37. The summed E-state index contributed by atoms with van der Waals surface area (Å²) in [5.41, 5.74) is 1.50. The van der Waals surface area contributed by atoms with Gasteiger partial charge in [-0.2, -0.15) is 0 Å². The van der Waals surface area contributed by atoms with Crippen molar-refractivity contribution < 1.29 is 24.1 Å². The first-order valence-corrected chi connectivity index (χ1v) is 10.4. The van der Waals surface area contributed by atoms with Crippen LogP contribution >= 0.6 is 0 Å². The van der Waals surface area contributed by atoms with Gasteiger partial charge in [0.2, 0.25) is 0 Å². The van der Waals surface area contributed by atoms with Crippen molar-refractivity contribution >= 4 is 22.4 Å². The largest absolute Gasteiger partial charge is 0.487 e. The Kier molecular flexibility index (Phi) is 7.84. The third kappa shape index (κ3) is 5.64. The summed E-state index contributed by atoms with van der Waals surface area (Å²) in [7, 11) is 5.18. The molecule has 2 aromatic carbocycles. The van der Waals surface area contributed by atoms with Crippen LogP contribution in [0.3, 0.4) is 0 Å². The lowest BCUT2D eigenvalue weighted by molar-refractivity contribution is 0.0786. The highest BCUT2D eigenvalue weighted by Gasteiger charge is 2.19. The van der Waals surface area contributed by atoms with E-state index in [0.29, 0.717) is 43.7 Å². The molecular formula is C24H31N3O5. The molecule has 0 fully saturated rings. The third-order valence-corrected chi connectivity index (χ3v) is 5.03. The van der Waals surface area contributed by atoms with Crippen LogP contribution in [0.1, 0.15) is 19.4 Å². The molecule has 0 unspecified atom stereocenters. The van der Waals surface area contributed by atoms with Gasteiger partial charge in [-0.1, -0.05) is 12.1 Å². The number of nitrogens with zero attached hydrogens (tertiary/aromatic N) is 3. The molecule has 0 saturated carbocycles. The number of fused-ring (bicyclic) bond motifs is 1. The summed E-state index contributed by atoms with van der Waals surface area (Å²) in [6, 6.07) is 11.5. The SMILES string of the molecule is COCCOc1cc2ncnc(N(C)c3cccc(C(C)(C)O)c3)c2cc1OCCOC. The molecule has 1 N–H and O–H groups in total. The number of methoxy groups -OCH3 is 2. The topological polar surface area (TPSA) is 86.2 Å². The molecule has 0 amide bonds. The highest BCUT2D eigenvalue weighted by molar-refractivity contribution is 5.93. The van der Waals surface area contributed by atoms with Gasteiger partial charge in [0, 0.05) is 38.4 Å². The number of hydrogen-bond donors (Lipinski definition) is 1. The zero-order valence-corrected chi connectivity index (χ0v) is 19.3. The van der Waals surface area contributed by atoms with Crippen molar-refractivity contribution in [3.8, 4) is 11.5 Å². The van der Waals surface area contributed by atoms with Crippen molar-refractivity contribution in [3.05, 3.63) is 48.3 Å². The number of benzene rings is 2. The summed E-state index contributed by atoms with van der Waals surface area (Å²) in [5.74, 6) is 1.88. The molecule has 32 heavy (non-hydrogen) atoms. The first kappa shape index (κ1) is 23.7. The molecule has 0 atom stereocenters. The molecule has 1 aromatic heterocycles. The van der Waals surface area contributed by atoms with Crippen LogP contribution in [0, 0.1) is 0 Å². The second-order valence-electron chi connectivity index (χ2n) is 7.86. The van der Waals surface area contributed by atoms with Gasteiger partial charge in [0.25, 0.3) is 0 Å². The van der Waals surface area contributed by atoms with Gasteiger partial charge in [0.05, 0.1) is 24.3 Å². The quantitative estimate of drug-likeness (QED) is 0.451. The molecule has 3 rings (SSSR count). The fraction of sp³-hybridized carbons (Fsp3) is 0.417. The predicted molar refractivity (Wildman–Crippen MR) is 124 cm³/mol. The van der Waals surface area contributed by atoms with Crippen molar-refractivity contribution in [2.75, 3.05) is 52.6 Å². The number of anilines is 2. The fourth-order valence-corrected chi connectivity index (χ4v) is 3.23. The van der Waals surface area contributed by atoms with Crippen molar-refractivity contribution in [3.63, 3.8) is 0 Å². The Morgan fingerprint density at radius 3 is 2.19 bits per heavy atom. The van der Waals surface area contributed by atoms with E-state index in [4.69, 9.17) is 18.9 Å². The summed E-state index contributed by atoms with van der Waals surface area (Å²) in [6.07, 6.45) is 1.53. The summed E-state index contributed by atoms with van der Waals surface area (Å²) in [5, 5.41) is 11.2. The van der Waals surface area contributed by atoms with Gasteiger partial charge in [-0.05, 0) is 37.6 Å². The van der Waals surface area contributed by atoms with Crippen molar-refractivity contribution in [1.29, 1.82) is 0 Å². The Morgan fingerprint density at radius 1 is 0.906 bits per heavy atom. The van der Waals surface area contributed by atoms with E-state index in [1.165, 1.54) is 6.33 Å². The molecule has 0 aliphatic carbocycles. The number of ether oxygens (including phenoxy) is 4.